The van der Waals surface area contributed by atoms with E-state index in [0.717, 1.165) is 20.8 Å². The molecule has 22 heavy (non-hydrogen) atoms. The van der Waals surface area contributed by atoms with E-state index in [0.29, 0.717) is 0 Å². The molecule has 10 heteroatoms. The van der Waals surface area contributed by atoms with Crippen LogP contribution in [0.3, 0.4) is 0 Å². The molecule has 10 nitrogen and oxygen atoms in total. The van der Waals surface area contributed by atoms with Crippen molar-refractivity contribution < 1.29 is 43.2 Å². The lowest BCUT2D eigenvalue weighted by Crippen LogP contribution is -2.68. The summed E-state index contributed by atoms with van der Waals surface area (Å²) in [6.07, 6.45) is -4.44. The van der Waals surface area contributed by atoms with Gasteiger partial charge in [0.15, 0.2) is 12.2 Å². The largest absolute Gasteiger partial charge is 0.456 e. The number of carbonyl (C=O) groups excluding carboxylic acids is 4. The average molecular weight is 319 g/mol. The molecule has 1 amide bonds. The van der Waals surface area contributed by atoms with E-state index >= 15 is 0 Å². The van der Waals surface area contributed by atoms with Gasteiger partial charge in [-0.1, -0.05) is 0 Å². The van der Waals surface area contributed by atoms with Crippen LogP contribution in [0.2, 0.25) is 0 Å². The van der Waals surface area contributed by atoms with Crippen molar-refractivity contribution in [2.75, 3.05) is 6.61 Å². The third-order valence-corrected chi connectivity index (χ3v) is 2.78. The smallest absolute Gasteiger partial charge is 0.303 e. The molecule has 1 saturated heterocycles. The van der Waals surface area contributed by atoms with E-state index in [4.69, 9.17) is 24.7 Å². The van der Waals surface area contributed by atoms with Gasteiger partial charge in [-0.2, -0.15) is 0 Å². The highest BCUT2D eigenvalue weighted by atomic mass is 16.7. The van der Waals surface area contributed by atoms with Crippen molar-refractivity contribution in [2.24, 2.45) is 5.73 Å². The number of ether oxygens (including phenoxy) is 4. The minimum Gasteiger partial charge on any atom is -0.456 e. The van der Waals surface area contributed by atoms with E-state index in [1.54, 1.807) is 0 Å². The minimum atomic E-state index is -2.72. The van der Waals surface area contributed by atoms with Gasteiger partial charge in [0.2, 0.25) is 6.10 Å². The highest BCUT2D eigenvalue weighted by molar-refractivity contribution is 5.83. The van der Waals surface area contributed by atoms with Crippen LogP contribution in [0.5, 0.6) is 0 Å². The first-order valence-electron chi connectivity index (χ1n) is 6.25. The normalized spacial score (nSPS) is 31.0. The van der Waals surface area contributed by atoms with Crippen molar-refractivity contribution in [3.63, 3.8) is 0 Å². The SMILES string of the molecule is CC(=O)O[C@@H]1[C@H](OC(C)=O)CO[C@](O)(C(N)=O)[C@H]1OC(C)=O. The fourth-order valence-electron chi connectivity index (χ4n) is 1.98. The van der Waals surface area contributed by atoms with E-state index in [1.807, 2.05) is 0 Å². The fraction of sp³-hybridized carbons (Fsp3) is 0.667. The highest BCUT2D eigenvalue weighted by Crippen LogP contribution is 2.30. The Labute approximate surface area is 125 Å². The van der Waals surface area contributed by atoms with Crippen molar-refractivity contribution in [2.45, 2.75) is 44.9 Å². The molecule has 0 aromatic carbocycles. The number of rotatable bonds is 4. The van der Waals surface area contributed by atoms with Crippen molar-refractivity contribution in [1.82, 2.24) is 0 Å². The summed E-state index contributed by atoms with van der Waals surface area (Å²) in [7, 11) is 0. The standard InChI is InChI=1S/C12H17NO9/c1-5(14)20-8-4-19-12(18,11(13)17)10(22-7(3)16)9(8)21-6(2)15/h8-10,18H,4H2,1-3H3,(H2,13,17)/t8-,9-,10+,12+/m1/s1. The third kappa shape index (κ3) is 3.92. The summed E-state index contributed by atoms with van der Waals surface area (Å²) in [5.74, 6) is -6.50. The maximum Gasteiger partial charge on any atom is 0.303 e. The molecule has 4 atom stereocenters. The summed E-state index contributed by atoms with van der Waals surface area (Å²) in [5.41, 5.74) is 5.05. The number of amides is 1. The first kappa shape index (κ1) is 17.9. The molecule has 1 heterocycles. The van der Waals surface area contributed by atoms with Gasteiger partial charge in [0, 0.05) is 20.8 Å². The molecule has 0 aromatic rings. The Morgan fingerprint density at radius 1 is 1.05 bits per heavy atom. The molecule has 0 bridgehead atoms. The predicted octanol–water partition coefficient (Wildman–Crippen LogP) is -2.01. The highest BCUT2D eigenvalue weighted by Gasteiger charge is 2.59. The van der Waals surface area contributed by atoms with Gasteiger partial charge in [-0.25, -0.2) is 0 Å². The summed E-state index contributed by atoms with van der Waals surface area (Å²) < 4.78 is 19.5. The van der Waals surface area contributed by atoms with Crippen LogP contribution in [0.1, 0.15) is 20.8 Å². The van der Waals surface area contributed by atoms with Gasteiger partial charge in [-0.3, -0.25) is 19.2 Å². The van der Waals surface area contributed by atoms with Crippen LogP contribution in [-0.2, 0) is 38.1 Å². The molecule has 0 saturated carbocycles. The van der Waals surface area contributed by atoms with E-state index < -0.39 is 54.5 Å². The Morgan fingerprint density at radius 2 is 1.55 bits per heavy atom. The topological polar surface area (TPSA) is 151 Å². The molecule has 0 spiro atoms. The van der Waals surface area contributed by atoms with Crippen LogP contribution >= 0.6 is 0 Å². The second-order valence-electron chi connectivity index (χ2n) is 4.62. The number of hydrogen-bond donors (Lipinski definition) is 2. The molecule has 0 aliphatic carbocycles. The van der Waals surface area contributed by atoms with Crippen molar-refractivity contribution >= 4 is 23.8 Å². The van der Waals surface area contributed by atoms with Crippen molar-refractivity contribution in [3.8, 4) is 0 Å². The molecule has 3 N–H and O–H groups in total. The lowest BCUT2D eigenvalue weighted by molar-refractivity contribution is -0.308. The van der Waals surface area contributed by atoms with E-state index in [1.165, 1.54) is 0 Å². The summed E-state index contributed by atoms with van der Waals surface area (Å²) in [4.78, 5) is 44.9. The summed E-state index contributed by atoms with van der Waals surface area (Å²) in [6.45, 7) is 2.66. The lowest BCUT2D eigenvalue weighted by Gasteiger charge is -2.43. The summed E-state index contributed by atoms with van der Waals surface area (Å²) in [6, 6.07) is 0. The minimum absolute atomic E-state index is 0.491. The number of carbonyl (C=O) groups is 4. The Morgan fingerprint density at radius 3 is 1.95 bits per heavy atom. The molecule has 0 radical (unpaired) electrons. The van der Waals surface area contributed by atoms with Crippen LogP contribution < -0.4 is 5.73 Å². The summed E-state index contributed by atoms with van der Waals surface area (Å²) >= 11 is 0. The number of aliphatic hydroxyl groups is 1. The zero-order valence-electron chi connectivity index (χ0n) is 12.2. The Hall–Kier alpha value is -2.20. The Kier molecular flexibility index (Phi) is 5.44. The number of nitrogens with two attached hydrogens (primary N) is 1. The van der Waals surface area contributed by atoms with Gasteiger partial charge >= 0.3 is 17.9 Å². The maximum atomic E-state index is 11.4. The van der Waals surface area contributed by atoms with Crippen LogP contribution in [0.25, 0.3) is 0 Å². The lowest BCUT2D eigenvalue weighted by atomic mass is 9.95. The number of primary amides is 1. The van der Waals surface area contributed by atoms with Crippen LogP contribution in [0.4, 0.5) is 0 Å². The van der Waals surface area contributed by atoms with Gasteiger partial charge in [-0.05, 0) is 0 Å². The first-order valence-corrected chi connectivity index (χ1v) is 6.25. The van der Waals surface area contributed by atoms with Crippen molar-refractivity contribution in [1.29, 1.82) is 0 Å². The van der Waals surface area contributed by atoms with Gasteiger partial charge in [0.25, 0.3) is 11.7 Å². The fourth-order valence-corrected chi connectivity index (χ4v) is 1.98. The predicted molar refractivity (Wildman–Crippen MR) is 66.8 cm³/mol. The Bertz CT molecular complexity index is 491. The zero-order chi connectivity index (χ0) is 17.1. The maximum absolute atomic E-state index is 11.4. The molecular weight excluding hydrogens is 302 g/mol. The number of hydrogen-bond acceptors (Lipinski definition) is 9. The molecule has 1 rings (SSSR count). The second kappa shape index (κ2) is 6.71. The van der Waals surface area contributed by atoms with Crippen LogP contribution in [0.15, 0.2) is 0 Å². The molecule has 1 aliphatic heterocycles. The Balaban J connectivity index is 3.21. The van der Waals surface area contributed by atoms with E-state index in [2.05, 4.69) is 0 Å². The third-order valence-electron chi connectivity index (χ3n) is 2.78. The monoisotopic (exact) mass is 319 g/mol. The average Bonchev–Trinajstić information content (AvgIpc) is 2.35. The molecule has 0 aromatic heterocycles. The summed E-state index contributed by atoms with van der Waals surface area (Å²) in [5, 5.41) is 10.2. The van der Waals surface area contributed by atoms with Crippen LogP contribution in [0, 0.1) is 0 Å². The van der Waals surface area contributed by atoms with Crippen molar-refractivity contribution in [3.05, 3.63) is 0 Å². The van der Waals surface area contributed by atoms with Gasteiger partial charge in [0.05, 0.1) is 6.61 Å². The molecular formula is C12H17NO9. The molecule has 1 fully saturated rings. The van der Waals surface area contributed by atoms with Gasteiger partial charge < -0.3 is 29.8 Å². The zero-order valence-corrected chi connectivity index (χ0v) is 12.2. The van der Waals surface area contributed by atoms with E-state index in [9.17, 15) is 24.3 Å². The number of esters is 3. The quantitative estimate of drug-likeness (QED) is 0.442. The van der Waals surface area contributed by atoms with Crippen LogP contribution in [-0.4, -0.2) is 59.6 Å². The molecule has 0 unspecified atom stereocenters. The molecule has 124 valence electrons. The van der Waals surface area contributed by atoms with Gasteiger partial charge in [0.1, 0.15) is 0 Å². The van der Waals surface area contributed by atoms with E-state index in [-0.39, 0.29) is 0 Å². The molecule has 1 aliphatic rings. The first-order chi connectivity index (χ1) is 10.1. The second-order valence-corrected chi connectivity index (χ2v) is 4.62. The van der Waals surface area contributed by atoms with Gasteiger partial charge in [-0.15, -0.1) is 0 Å².